The van der Waals surface area contributed by atoms with Gasteiger partial charge < -0.3 is 14.6 Å². The van der Waals surface area contributed by atoms with Gasteiger partial charge in [0.05, 0.1) is 4.90 Å². The van der Waals surface area contributed by atoms with E-state index in [-0.39, 0.29) is 24.5 Å². The standard InChI is InChI=1S/C27H25NO6S/c29-27(30)17-12-21-7-2-4-10-25(21)34-19-18-33-23-15-13-22(14-16-23)28-35(31,32)26-11-5-8-20-6-1-3-9-24(20)26/h1-11,13-16,28H,12,17-19H2,(H,29,30). The Morgan fingerprint density at radius 1 is 0.800 bits per heavy atom. The second kappa shape index (κ2) is 10.9. The van der Waals surface area contributed by atoms with Gasteiger partial charge in [0, 0.05) is 17.5 Å². The van der Waals surface area contributed by atoms with Crippen LogP contribution in [-0.2, 0) is 21.2 Å². The molecule has 0 saturated carbocycles. The highest BCUT2D eigenvalue weighted by molar-refractivity contribution is 7.93. The van der Waals surface area contributed by atoms with Crippen molar-refractivity contribution in [2.45, 2.75) is 17.7 Å². The monoisotopic (exact) mass is 491 g/mol. The van der Waals surface area contributed by atoms with Crippen LogP contribution >= 0.6 is 0 Å². The first-order chi connectivity index (χ1) is 16.9. The summed E-state index contributed by atoms with van der Waals surface area (Å²) in [6.07, 6.45) is 0.427. The van der Waals surface area contributed by atoms with Crippen molar-refractivity contribution in [2.75, 3.05) is 17.9 Å². The van der Waals surface area contributed by atoms with Crippen molar-refractivity contribution in [3.8, 4) is 11.5 Å². The summed E-state index contributed by atoms with van der Waals surface area (Å²) in [6.45, 7) is 0.549. The Labute approximate surface area is 204 Å². The van der Waals surface area contributed by atoms with E-state index < -0.39 is 16.0 Å². The van der Waals surface area contributed by atoms with Crippen LogP contribution in [0.1, 0.15) is 12.0 Å². The minimum Gasteiger partial charge on any atom is -0.490 e. The summed E-state index contributed by atoms with van der Waals surface area (Å²) in [6, 6.07) is 26.5. The molecule has 4 aromatic carbocycles. The Balaban J connectivity index is 1.32. The largest absolute Gasteiger partial charge is 0.490 e. The molecule has 0 fully saturated rings. The lowest BCUT2D eigenvalue weighted by Crippen LogP contribution is -2.13. The van der Waals surface area contributed by atoms with Crippen molar-refractivity contribution in [3.63, 3.8) is 0 Å². The lowest BCUT2D eigenvalue weighted by molar-refractivity contribution is -0.136. The lowest BCUT2D eigenvalue weighted by atomic mass is 10.1. The summed E-state index contributed by atoms with van der Waals surface area (Å²) in [5.41, 5.74) is 1.26. The number of anilines is 1. The van der Waals surface area contributed by atoms with Crippen LogP contribution in [0.15, 0.2) is 95.9 Å². The van der Waals surface area contributed by atoms with Crippen LogP contribution in [0.5, 0.6) is 11.5 Å². The molecule has 0 unspecified atom stereocenters. The molecule has 0 atom stereocenters. The Kier molecular flexibility index (Phi) is 7.52. The molecule has 4 rings (SSSR count). The molecule has 0 saturated heterocycles. The number of benzene rings is 4. The molecule has 0 radical (unpaired) electrons. The van der Waals surface area contributed by atoms with Gasteiger partial charge in [-0.05, 0) is 53.8 Å². The fraction of sp³-hybridized carbons (Fsp3) is 0.148. The number of ether oxygens (including phenoxy) is 2. The predicted molar refractivity (Wildman–Crippen MR) is 135 cm³/mol. The van der Waals surface area contributed by atoms with Gasteiger partial charge in [-0.2, -0.15) is 0 Å². The molecule has 35 heavy (non-hydrogen) atoms. The first-order valence-electron chi connectivity index (χ1n) is 11.1. The van der Waals surface area contributed by atoms with Crippen molar-refractivity contribution in [3.05, 3.63) is 96.6 Å². The van der Waals surface area contributed by atoms with Crippen LogP contribution in [0, 0.1) is 0 Å². The van der Waals surface area contributed by atoms with Crippen molar-refractivity contribution in [1.82, 2.24) is 0 Å². The van der Waals surface area contributed by atoms with Crippen LogP contribution in [0.3, 0.4) is 0 Å². The molecule has 0 spiro atoms. The highest BCUT2D eigenvalue weighted by Crippen LogP contribution is 2.26. The molecule has 0 aliphatic heterocycles. The van der Waals surface area contributed by atoms with E-state index in [1.165, 1.54) is 0 Å². The highest BCUT2D eigenvalue weighted by Gasteiger charge is 2.17. The maximum absolute atomic E-state index is 13.0. The highest BCUT2D eigenvalue weighted by atomic mass is 32.2. The summed E-state index contributed by atoms with van der Waals surface area (Å²) in [5, 5.41) is 10.4. The van der Waals surface area contributed by atoms with Gasteiger partial charge in [0.1, 0.15) is 24.7 Å². The molecule has 0 heterocycles. The predicted octanol–water partition coefficient (Wildman–Crippen LogP) is 5.12. The Morgan fingerprint density at radius 2 is 1.49 bits per heavy atom. The van der Waals surface area contributed by atoms with E-state index in [1.54, 1.807) is 48.5 Å². The number of sulfonamides is 1. The summed E-state index contributed by atoms with van der Waals surface area (Å²) in [7, 11) is -3.77. The first kappa shape index (κ1) is 24.1. The van der Waals surface area contributed by atoms with Gasteiger partial charge in [0.2, 0.25) is 0 Å². The molecule has 4 aromatic rings. The number of hydrogen-bond acceptors (Lipinski definition) is 5. The van der Waals surface area contributed by atoms with E-state index in [0.29, 0.717) is 29.0 Å². The second-order valence-corrected chi connectivity index (χ2v) is 9.46. The third-order valence-corrected chi connectivity index (χ3v) is 6.78. The smallest absolute Gasteiger partial charge is 0.303 e. The van der Waals surface area contributed by atoms with Gasteiger partial charge in [0.15, 0.2) is 0 Å². The normalized spacial score (nSPS) is 11.2. The lowest BCUT2D eigenvalue weighted by Gasteiger charge is -2.13. The van der Waals surface area contributed by atoms with E-state index in [2.05, 4.69) is 4.72 Å². The van der Waals surface area contributed by atoms with Crippen molar-refractivity contribution in [1.29, 1.82) is 0 Å². The zero-order valence-electron chi connectivity index (χ0n) is 18.9. The Bertz CT molecular complexity index is 1410. The molecule has 0 bridgehead atoms. The van der Waals surface area contributed by atoms with Crippen LogP contribution in [0.2, 0.25) is 0 Å². The number of aliphatic carboxylic acids is 1. The summed E-state index contributed by atoms with van der Waals surface area (Å²) in [5.74, 6) is 0.349. The molecule has 8 heteroatoms. The number of aryl methyl sites for hydroxylation is 1. The van der Waals surface area contributed by atoms with Crippen LogP contribution in [0.25, 0.3) is 10.8 Å². The molecular weight excluding hydrogens is 466 g/mol. The van der Waals surface area contributed by atoms with Gasteiger partial charge in [-0.15, -0.1) is 0 Å². The van der Waals surface area contributed by atoms with Gasteiger partial charge in [-0.1, -0.05) is 54.6 Å². The van der Waals surface area contributed by atoms with Gasteiger partial charge >= 0.3 is 5.97 Å². The third kappa shape index (κ3) is 6.30. The van der Waals surface area contributed by atoms with Crippen molar-refractivity contribution >= 4 is 32.5 Å². The summed E-state index contributed by atoms with van der Waals surface area (Å²) >= 11 is 0. The van der Waals surface area contributed by atoms with E-state index in [0.717, 1.165) is 10.9 Å². The molecule has 0 aromatic heterocycles. The van der Waals surface area contributed by atoms with Crippen molar-refractivity contribution in [2.24, 2.45) is 0 Å². The minimum atomic E-state index is -3.77. The number of carboxylic acids is 1. The summed E-state index contributed by atoms with van der Waals surface area (Å²) in [4.78, 5) is 11.0. The maximum atomic E-state index is 13.0. The van der Waals surface area contributed by atoms with Crippen LogP contribution < -0.4 is 14.2 Å². The number of hydrogen-bond donors (Lipinski definition) is 2. The van der Waals surface area contributed by atoms with E-state index in [4.69, 9.17) is 14.6 Å². The zero-order chi connectivity index (χ0) is 24.7. The zero-order valence-corrected chi connectivity index (χ0v) is 19.7. The van der Waals surface area contributed by atoms with Crippen LogP contribution in [0.4, 0.5) is 5.69 Å². The molecule has 0 aliphatic carbocycles. The van der Waals surface area contributed by atoms with E-state index >= 15 is 0 Å². The van der Waals surface area contributed by atoms with E-state index in [1.807, 2.05) is 42.5 Å². The number of rotatable bonds is 11. The van der Waals surface area contributed by atoms with Gasteiger partial charge in [0.25, 0.3) is 10.0 Å². The molecule has 0 amide bonds. The number of para-hydroxylation sites is 1. The molecule has 2 N–H and O–H groups in total. The first-order valence-corrected chi connectivity index (χ1v) is 12.6. The quantitative estimate of drug-likeness (QED) is 0.283. The van der Waals surface area contributed by atoms with Crippen LogP contribution in [-0.4, -0.2) is 32.7 Å². The molecule has 180 valence electrons. The number of fused-ring (bicyclic) bond motifs is 1. The van der Waals surface area contributed by atoms with E-state index in [9.17, 15) is 13.2 Å². The number of nitrogens with one attached hydrogen (secondary N) is 1. The van der Waals surface area contributed by atoms with Gasteiger partial charge in [-0.25, -0.2) is 8.42 Å². The maximum Gasteiger partial charge on any atom is 0.303 e. The summed E-state index contributed by atoms with van der Waals surface area (Å²) < 4.78 is 40.0. The average Bonchev–Trinajstić information content (AvgIpc) is 2.86. The second-order valence-electron chi connectivity index (χ2n) is 7.81. The fourth-order valence-electron chi connectivity index (χ4n) is 3.66. The molecule has 7 nitrogen and oxygen atoms in total. The number of carbonyl (C=O) groups is 1. The SMILES string of the molecule is O=C(O)CCc1ccccc1OCCOc1ccc(NS(=O)(=O)c2cccc3ccccc23)cc1. The fourth-order valence-corrected chi connectivity index (χ4v) is 4.95. The third-order valence-electron chi connectivity index (χ3n) is 5.34. The Hall–Kier alpha value is -4.04. The molecule has 0 aliphatic rings. The average molecular weight is 492 g/mol. The molecular formula is C27H25NO6S. The number of carboxylic acid groups (broad SMARTS) is 1. The Morgan fingerprint density at radius 3 is 2.29 bits per heavy atom. The topological polar surface area (TPSA) is 102 Å². The minimum absolute atomic E-state index is 0.0352. The van der Waals surface area contributed by atoms with Gasteiger partial charge in [-0.3, -0.25) is 9.52 Å². The van der Waals surface area contributed by atoms with Crippen molar-refractivity contribution < 1.29 is 27.8 Å².